The number of amides is 4. The molecule has 1 N–H and O–H groups in total. The van der Waals surface area contributed by atoms with Crippen LogP contribution in [0.4, 0.5) is 9.18 Å². The Morgan fingerprint density at radius 1 is 1.07 bits per heavy atom. The lowest BCUT2D eigenvalue weighted by molar-refractivity contribution is -0.909. The van der Waals surface area contributed by atoms with Crippen molar-refractivity contribution in [3.8, 4) is 5.75 Å². The third kappa shape index (κ3) is 7.30. The molecule has 2 aliphatic rings. The molecule has 0 aromatic heterocycles. The number of esters is 1. The predicted molar refractivity (Wildman–Crippen MR) is 164 cm³/mol. The zero-order chi connectivity index (χ0) is 33.8. The second-order valence-electron chi connectivity index (χ2n) is 12.8. The van der Waals surface area contributed by atoms with E-state index in [1.807, 2.05) is 26.8 Å². The van der Waals surface area contributed by atoms with Gasteiger partial charge in [-0.15, -0.1) is 0 Å². The molecule has 1 saturated heterocycles. The van der Waals surface area contributed by atoms with Crippen molar-refractivity contribution in [1.82, 2.24) is 14.7 Å². The van der Waals surface area contributed by atoms with Crippen LogP contribution in [0.5, 0.6) is 5.75 Å². The van der Waals surface area contributed by atoms with E-state index in [0.717, 1.165) is 22.6 Å². The van der Waals surface area contributed by atoms with Gasteiger partial charge in [-0.3, -0.25) is 14.4 Å². The third-order valence-corrected chi connectivity index (χ3v) is 8.97. The average molecular weight is 642 g/mol. The van der Waals surface area contributed by atoms with E-state index in [1.54, 1.807) is 24.3 Å². The molecule has 1 fully saturated rings. The summed E-state index contributed by atoms with van der Waals surface area (Å²) in [5.74, 6) is -3.05. The second kappa shape index (κ2) is 13.9. The first kappa shape index (κ1) is 34.4. The molecular formula is C33H42FN4O8+. The van der Waals surface area contributed by atoms with Gasteiger partial charge in [0.1, 0.15) is 55.5 Å². The summed E-state index contributed by atoms with van der Waals surface area (Å²) in [4.78, 5) is 70.5. The van der Waals surface area contributed by atoms with Gasteiger partial charge in [-0.25, -0.2) is 13.7 Å². The lowest BCUT2D eigenvalue weighted by Gasteiger charge is -2.51. The fourth-order valence-electron chi connectivity index (χ4n) is 5.99. The summed E-state index contributed by atoms with van der Waals surface area (Å²) < 4.78 is 25.8. The number of hydrogen-bond donors (Lipinski definition) is 1. The van der Waals surface area contributed by atoms with Gasteiger partial charge in [0.05, 0.1) is 18.7 Å². The quantitative estimate of drug-likeness (QED) is 0.399. The van der Waals surface area contributed by atoms with Crippen molar-refractivity contribution in [2.24, 2.45) is 0 Å². The van der Waals surface area contributed by atoms with E-state index in [0.29, 0.717) is 0 Å². The summed E-state index contributed by atoms with van der Waals surface area (Å²) in [5.41, 5.74) is -0.176. The molecule has 2 heterocycles. The molecule has 2 aromatic rings. The summed E-state index contributed by atoms with van der Waals surface area (Å²) in [5, 5.41) is 10.3. The number of carbonyl (C=O) groups excluding carboxylic acids is 4. The molecule has 3 atom stereocenters. The van der Waals surface area contributed by atoms with Crippen molar-refractivity contribution in [2.45, 2.75) is 57.8 Å². The van der Waals surface area contributed by atoms with Crippen LogP contribution in [0.3, 0.4) is 0 Å². The Hall–Kier alpha value is -4.52. The van der Waals surface area contributed by atoms with Crippen molar-refractivity contribution in [1.29, 1.82) is 0 Å². The number of carboxylic acid groups (broad SMARTS) is 1. The molecule has 0 aliphatic carbocycles. The molecule has 1 unspecified atom stereocenters. The van der Waals surface area contributed by atoms with Gasteiger partial charge >= 0.3 is 12.1 Å². The third-order valence-electron chi connectivity index (χ3n) is 8.97. The molecule has 12 nitrogen and oxygen atoms in total. The van der Waals surface area contributed by atoms with E-state index >= 15 is 0 Å². The summed E-state index contributed by atoms with van der Waals surface area (Å²) in [6.45, 7) is 5.12. The number of benzene rings is 2. The number of nitrogens with zero attached hydrogens (tertiary/aromatic N) is 4. The molecule has 0 spiro atoms. The van der Waals surface area contributed by atoms with Crippen molar-refractivity contribution in [2.75, 3.05) is 46.9 Å². The van der Waals surface area contributed by atoms with Gasteiger partial charge in [0.15, 0.2) is 0 Å². The first-order chi connectivity index (χ1) is 21.6. The Bertz CT molecular complexity index is 1480. The largest absolute Gasteiger partial charge is 0.514 e. The second-order valence-corrected chi connectivity index (χ2v) is 12.8. The maximum atomic E-state index is 14.5. The predicted octanol–water partition coefficient (Wildman–Crippen LogP) is 3.14. The van der Waals surface area contributed by atoms with E-state index < -0.39 is 53.2 Å². The van der Waals surface area contributed by atoms with Crippen LogP contribution in [0.25, 0.3) is 0 Å². The van der Waals surface area contributed by atoms with Crippen LogP contribution in [0.1, 0.15) is 49.5 Å². The molecule has 46 heavy (non-hydrogen) atoms. The maximum absolute atomic E-state index is 14.5. The van der Waals surface area contributed by atoms with Crippen LogP contribution < -0.4 is 4.74 Å². The van der Waals surface area contributed by atoms with E-state index in [4.69, 9.17) is 9.47 Å². The van der Waals surface area contributed by atoms with Crippen LogP contribution >= 0.6 is 0 Å². The van der Waals surface area contributed by atoms with E-state index in [-0.39, 0.29) is 68.0 Å². The number of quaternary nitrogens is 1. The molecule has 13 heteroatoms. The zero-order valence-electron chi connectivity index (χ0n) is 26.9. The number of halogens is 1. The topological polar surface area (TPSA) is 134 Å². The highest BCUT2D eigenvalue weighted by Gasteiger charge is 2.53. The Morgan fingerprint density at radius 2 is 1.76 bits per heavy atom. The molecule has 248 valence electrons. The molecular weight excluding hydrogens is 599 g/mol. The zero-order valence-corrected chi connectivity index (χ0v) is 26.9. The Labute approximate surface area is 267 Å². The van der Waals surface area contributed by atoms with Gasteiger partial charge in [0.25, 0.3) is 5.91 Å². The number of piperazine rings is 1. The summed E-state index contributed by atoms with van der Waals surface area (Å²) in [6, 6.07) is 10.4. The minimum Gasteiger partial charge on any atom is -0.490 e. The monoisotopic (exact) mass is 641 g/mol. The number of ether oxygens (including phenoxy) is 2. The summed E-state index contributed by atoms with van der Waals surface area (Å²) in [7, 11) is 2.84. The number of likely N-dealkylation sites (N-methyl/N-ethyl adjacent to an activating group) is 2. The molecule has 0 bridgehead atoms. The van der Waals surface area contributed by atoms with E-state index in [1.165, 1.54) is 30.0 Å². The smallest absolute Gasteiger partial charge is 0.490 e. The molecule has 4 amide bonds. The number of carbonyl (C=O) groups is 5. The van der Waals surface area contributed by atoms with Gasteiger partial charge in [-0.1, -0.05) is 30.3 Å². The summed E-state index contributed by atoms with van der Waals surface area (Å²) in [6.07, 6.45) is -1.35. The number of rotatable bonds is 3. The molecule has 0 saturated carbocycles. The highest BCUT2D eigenvalue weighted by molar-refractivity contribution is 5.99. The van der Waals surface area contributed by atoms with E-state index in [9.17, 15) is 33.5 Å². The summed E-state index contributed by atoms with van der Waals surface area (Å²) >= 11 is 0. The van der Waals surface area contributed by atoms with Crippen molar-refractivity contribution in [3.63, 3.8) is 0 Å². The van der Waals surface area contributed by atoms with E-state index in [2.05, 4.69) is 0 Å². The van der Waals surface area contributed by atoms with Gasteiger partial charge in [-0.05, 0) is 51.0 Å². The van der Waals surface area contributed by atoms with Crippen LogP contribution in [-0.2, 0) is 25.7 Å². The number of fused-ring (bicyclic) bond motifs is 2. The Morgan fingerprint density at radius 3 is 2.41 bits per heavy atom. The van der Waals surface area contributed by atoms with Crippen LogP contribution in [-0.4, -0.2) is 119 Å². The van der Waals surface area contributed by atoms with Crippen LogP contribution in [0.2, 0.25) is 0 Å². The normalized spacial score (nSPS) is 23.4. The molecule has 2 aliphatic heterocycles. The first-order valence-electron chi connectivity index (χ1n) is 15.2. The van der Waals surface area contributed by atoms with Gasteiger partial charge in [0.2, 0.25) is 11.8 Å². The number of hydrogen-bond acceptors (Lipinski definition) is 7. The van der Waals surface area contributed by atoms with Crippen LogP contribution in [0.15, 0.2) is 48.5 Å². The minimum absolute atomic E-state index is 0.000115. The lowest BCUT2D eigenvalue weighted by atomic mass is 9.97. The highest BCUT2D eigenvalue weighted by atomic mass is 19.1. The SMILES string of the molecule is CN1CC(=O)N2CC[N+](C(=O)O)(C(C)(C)C)C[C@@H]2COc2ccc(F)cc2C(=O)N(C)[C@@H](C(=O)OCc2ccccc2)CCC1=O. The lowest BCUT2D eigenvalue weighted by Crippen LogP contribution is -2.73. The fraction of sp³-hybridized carbons (Fsp3) is 0.485. The van der Waals surface area contributed by atoms with Crippen molar-refractivity contribution >= 4 is 29.8 Å². The van der Waals surface area contributed by atoms with Crippen molar-refractivity contribution in [3.05, 3.63) is 65.5 Å². The first-order valence-corrected chi connectivity index (χ1v) is 15.2. The average Bonchev–Trinajstić information content (AvgIpc) is 3.01. The van der Waals surface area contributed by atoms with Gasteiger partial charge in [-0.2, -0.15) is 4.79 Å². The Balaban J connectivity index is 1.70. The molecule has 0 radical (unpaired) electrons. The molecule has 2 aromatic carbocycles. The van der Waals surface area contributed by atoms with Gasteiger partial charge in [0, 0.05) is 20.5 Å². The van der Waals surface area contributed by atoms with Gasteiger partial charge < -0.3 is 29.3 Å². The van der Waals surface area contributed by atoms with Crippen molar-refractivity contribution < 1.29 is 47.4 Å². The maximum Gasteiger partial charge on any atom is 0.514 e. The van der Waals surface area contributed by atoms with Crippen LogP contribution in [0, 0.1) is 5.82 Å². The highest BCUT2D eigenvalue weighted by Crippen LogP contribution is 2.31. The molecule has 4 rings (SSSR count). The Kier molecular flexibility index (Phi) is 10.3. The standard InChI is InChI=1S/C33H41FN4O8/c1-33(2,3)38(32(43)44)16-15-37-24(19-38)21-45-27-13-11-23(34)17-25(27)30(41)36(5)26(12-14-28(39)35(4)18-29(37)40)31(42)46-20-22-9-7-6-8-10-22/h6-11,13,17,24,26H,12,14-16,18-21H2,1-5H3/p+1/t24-,26-,38?/m1/s1. The minimum atomic E-state index is -1.21. The fourth-order valence-corrected chi connectivity index (χ4v) is 5.99.